The number of anilines is 1. The predicted molar refractivity (Wildman–Crippen MR) is 93.2 cm³/mol. The lowest BCUT2D eigenvalue weighted by Gasteiger charge is -2.34. The highest BCUT2D eigenvalue weighted by Crippen LogP contribution is 2.35. The lowest BCUT2D eigenvalue weighted by atomic mass is 10.2. The van der Waals surface area contributed by atoms with Crippen LogP contribution < -0.4 is 4.90 Å². The van der Waals surface area contributed by atoms with Crippen molar-refractivity contribution in [2.75, 3.05) is 31.1 Å². The number of halogens is 3. The highest BCUT2D eigenvalue weighted by molar-refractivity contribution is 7.89. The Morgan fingerprint density at radius 3 is 2.39 bits per heavy atom. The maximum Gasteiger partial charge on any atom is 0.417 e. The number of aromatic nitrogens is 4. The van der Waals surface area contributed by atoms with Gasteiger partial charge in [0.05, 0.1) is 10.5 Å². The number of hydrogen-bond acceptors (Lipinski definition) is 6. The van der Waals surface area contributed by atoms with Gasteiger partial charge in [-0.1, -0.05) is 12.1 Å². The van der Waals surface area contributed by atoms with E-state index in [-0.39, 0.29) is 13.1 Å². The molecule has 0 aliphatic carbocycles. The summed E-state index contributed by atoms with van der Waals surface area (Å²) in [6.07, 6.45) is -3.29. The Hall–Kier alpha value is -2.73. The van der Waals surface area contributed by atoms with Gasteiger partial charge in [0, 0.05) is 26.2 Å². The molecule has 1 aliphatic rings. The molecule has 148 valence electrons. The summed E-state index contributed by atoms with van der Waals surface area (Å²) < 4.78 is 67.8. The zero-order valence-electron chi connectivity index (χ0n) is 14.4. The first-order valence-electron chi connectivity index (χ1n) is 8.35. The molecule has 12 heteroatoms. The molecule has 0 spiro atoms. The fourth-order valence-electron chi connectivity index (χ4n) is 3.11. The maximum atomic E-state index is 13.2. The lowest BCUT2D eigenvalue weighted by Crippen LogP contribution is -2.49. The van der Waals surface area contributed by atoms with E-state index in [4.69, 9.17) is 0 Å². The lowest BCUT2D eigenvalue weighted by molar-refractivity contribution is -0.139. The van der Waals surface area contributed by atoms with Crippen LogP contribution in [0.15, 0.2) is 47.6 Å². The summed E-state index contributed by atoms with van der Waals surface area (Å²) in [6, 6.07) is 7.71. The van der Waals surface area contributed by atoms with Gasteiger partial charge < -0.3 is 4.90 Å². The Morgan fingerprint density at radius 1 is 0.964 bits per heavy atom. The molecule has 28 heavy (non-hydrogen) atoms. The van der Waals surface area contributed by atoms with Crippen molar-refractivity contribution in [3.05, 3.63) is 48.3 Å². The van der Waals surface area contributed by atoms with Crippen LogP contribution in [0, 0.1) is 0 Å². The van der Waals surface area contributed by atoms with E-state index >= 15 is 0 Å². The van der Waals surface area contributed by atoms with Crippen LogP contribution in [0.4, 0.5) is 19.0 Å². The molecule has 0 radical (unpaired) electrons. The molecule has 2 aromatic heterocycles. The third-order valence-corrected chi connectivity index (χ3v) is 6.48. The van der Waals surface area contributed by atoms with Crippen molar-refractivity contribution in [1.29, 1.82) is 0 Å². The standard InChI is InChI=1S/C16H15F3N6O2S/c17-16(18,19)12-3-1-2-4-13(12)28(26,27)24-9-7-23(8-10-24)15-6-5-14-21-20-11-25(14)22-15/h1-6,11H,7-10H2. The SMILES string of the molecule is O=S(=O)(c1ccccc1C(F)(F)F)N1CCN(c2ccc3nncn3n2)CC1. The van der Waals surface area contributed by atoms with Gasteiger partial charge in [0.1, 0.15) is 12.1 Å². The molecular weight excluding hydrogens is 397 g/mol. The van der Waals surface area contributed by atoms with Gasteiger partial charge in [-0.15, -0.1) is 15.3 Å². The number of benzene rings is 1. The molecule has 1 aliphatic heterocycles. The van der Waals surface area contributed by atoms with E-state index in [9.17, 15) is 21.6 Å². The third-order valence-electron chi connectivity index (χ3n) is 4.52. The van der Waals surface area contributed by atoms with Gasteiger partial charge in [0.15, 0.2) is 5.65 Å². The summed E-state index contributed by atoms with van der Waals surface area (Å²) in [5, 5.41) is 12.0. The third kappa shape index (κ3) is 3.29. The molecule has 4 rings (SSSR count). The van der Waals surface area contributed by atoms with Gasteiger partial charge in [-0.25, -0.2) is 8.42 Å². The van der Waals surface area contributed by atoms with Crippen LogP contribution in [0.2, 0.25) is 0 Å². The Labute approximate surface area is 158 Å². The number of sulfonamides is 1. The predicted octanol–water partition coefficient (Wildman–Crippen LogP) is 1.65. The summed E-state index contributed by atoms with van der Waals surface area (Å²) in [6.45, 7) is 0.703. The first kappa shape index (κ1) is 18.6. The summed E-state index contributed by atoms with van der Waals surface area (Å²) >= 11 is 0. The molecule has 0 N–H and O–H groups in total. The average Bonchev–Trinajstić information content (AvgIpc) is 3.15. The second-order valence-electron chi connectivity index (χ2n) is 6.21. The van der Waals surface area contributed by atoms with Gasteiger partial charge in [0.25, 0.3) is 0 Å². The first-order chi connectivity index (χ1) is 13.3. The molecule has 1 aromatic carbocycles. The van der Waals surface area contributed by atoms with E-state index in [2.05, 4.69) is 15.3 Å². The van der Waals surface area contributed by atoms with Crippen molar-refractivity contribution in [2.45, 2.75) is 11.1 Å². The van der Waals surface area contributed by atoms with E-state index in [1.165, 1.54) is 23.0 Å². The zero-order valence-corrected chi connectivity index (χ0v) is 15.2. The van der Waals surface area contributed by atoms with E-state index in [1.54, 1.807) is 12.1 Å². The Bertz CT molecular complexity index is 1110. The van der Waals surface area contributed by atoms with Crippen LogP contribution in [-0.2, 0) is 16.2 Å². The van der Waals surface area contributed by atoms with Crippen molar-refractivity contribution >= 4 is 21.5 Å². The summed E-state index contributed by atoms with van der Waals surface area (Å²) in [4.78, 5) is 1.14. The molecule has 1 fully saturated rings. The van der Waals surface area contributed by atoms with E-state index in [0.717, 1.165) is 16.4 Å². The van der Waals surface area contributed by atoms with Crippen molar-refractivity contribution < 1.29 is 21.6 Å². The van der Waals surface area contributed by atoms with E-state index in [0.29, 0.717) is 24.6 Å². The van der Waals surface area contributed by atoms with Gasteiger partial charge in [-0.05, 0) is 24.3 Å². The van der Waals surface area contributed by atoms with Crippen LogP contribution >= 0.6 is 0 Å². The zero-order chi connectivity index (χ0) is 19.9. The maximum absolute atomic E-state index is 13.2. The number of nitrogens with zero attached hydrogens (tertiary/aromatic N) is 6. The molecule has 0 unspecified atom stereocenters. The summed E-state index contributed by atoms with van der Waals surface area (Å²) in [5.74, 6) is 0.611. The Kier molecular flexibility index (Phi) is 4.46. The van der Waals surface area contributed by atoms with Gasteiger partial charge >= 0.3 is 6.18 Å². The van der Waals surface area contributed by atoms with Crippen molar-refractivity contribution in [3.63, 3.8) is 0 Å². The number of alkyl halides is 3. The molecule has 0 saturated carbocycles. The van der Waals surface area contributed by atoms with Gasteiger partial charge in [-0.2, -0.15) is 22.0 Å². The van der Waals surface area contributed by atoms with Crippen molar-refractivity contribution in [1.82, 2.24) is 24.1 Å². The van der Waals surface area contributed by atoms with Crippen LogP contribution in [0.25, 0.3) is 5.65 Å². The fraction of sp³-hybridized carbons (Fsp3) is 0.312. The minimum atomic E-state index is -4.75. The van der Waals surface area contributed by atoms with Crippen LogP contribution in [-0.4, -0.2) is 58.7 Å². The summed E-state index contributed by atoms with van der Waals surface area (Å²) in [5.41, 5.74) is -0.578. The van der Waals surface area contributed by atoms with E-state index in [1.807, 2.05) is 4.90 Å². The first-order valence-corrected chi connectivity index (χ1v) is 9.79. The number of rotatable bonds is 3. The largest absolute Gasteiger partial charge is 0.417 e. The van der Waals surface area contributed by atoms with Crippen molar-refractivity contribution in [2.24, 2.45) is 0 Å². The van der Waals surface area contributed by atoms with Gasteiger partial charge in [0.2, 0.25) is 10.0 Å². The normalized spacial score (nSPS) is 16.6. The quantitative estimate of drug-likeness (QED) is 0.651. The second-order valence-corrected chi connectivity index (χ2v) is 8.12. The van der Waals surface area contributed by atoms with Gasteiger partial charge in [-0.3, -0.25) is 0 Å². The highest BCUT2D eigenvalue weighted by atomic mass is 32.2. The molecule has 0 bridgehead atoms. The molecular formula is C16H15F3N6O2S. The Morgan fingerprint density at radius 2 is 1.68 bits per heavy atom. The minimum Gasteiger partial charge on any atom is -0.353 e. The molecule has 3 aromatic rings. The van der Waals surface area contributed by atoms with Crippen molar-refractivity contribution in [3.8, 4) is 0 Å². The molecule has 0 amide bonds. The second kappa shape index (κ2) is 6.71. The smallest absolute Gasteiger partial charge is 0.353 e. The number of piperazine rings is 1. The van der Waals surface area contributed by atoms with Crippen LogP contribution in [0.5, 0.6) is 0 Å². The fourth-order valence-corrected chi connectivity index (χ4v) is 4.74. The molecule has 8 nitrogen and oxygen atoms in total. The molecule has 0 atom stereocenters. The van der Waals surface area contributed by atoms with Crippen LogP contribution in [0.3, 0.4) is 0 Å². The molecule has 3 heterocycles. The topological polar surface area (TPSA) is 83.7 Å². The number of fused-ring (bicyclic) bond motifs is 1. The summed E-state index contributed by atoms with van der Waals surface area (Å²) in [7, 11) is -4.27. The molecule has 1 saturated heterocycles. The highest BCUT2D eigenvalue weighted by Gasteiger charge is 2.39. The van der Waals surface area contributed by atoms with E-state index < -0.39 is 26.7 Å². The monoisotopic (exact) mass is 412 g/mol. The van der Waals surface area contributed by atoms with Crippen LogP contribution in [0.1, 0.15) is 5.56 Å². The Balaban J connectivity index is 1.55. The average molecular weight is 412 g/mol. The minimum absolute atomic E-state index is 0.0520. The number of hydrogen-bond donors (Lipinski definition) is 0.